The van der Waals surface area contributed by atoms with E-state index in [1.54, 1.807) is 20.0 Å². The van der Waals surface area contributed by atoms with Crippen LogP contribution in [0.5, 0.6) is 0 Å². The molecule has 0 saturated carbocycles. The number of H-pyrrole nitrogens is 1. The molecule has 9 heteroatoms. The molecule has 1 aromatic heterocycles. The van der Waals surface area contributed by atoms with E-state index in [-0.39, 0.29) is 12.5 Å². The number of barbiturate groups is 1. The summed E-state index contributed by atoms with van der Waals surface area (Å²) >= 11 is 0. The molecule has 0 bridgehead atoms. The van der Waals surface area contributed by atoms with Crippen LogP contribution in [0.1, 0.15) is 19.4 Å². The number of rotatable bonds is 6. The zero-order chi connectivity index (χ0) is 22.0. The van der Waals surface area contributed by atoms with E-state index in [2.05, 4.69) is 9.98 Å². The maximum Gasteiger partial charge on any atom is 0.332 e. The number of carbonyl (C=O) groups excluding carboxylic acids is 4. The van der Waals surface area contributed by atoms with Crippen molar-refractivity contribution in [2.45, 2.75) is 32.4 Å². The molecule has 0 spiro atoms. The Morgan fingerprint density at radius 2 is 1.80 bits per heavy atom. The number of imide groups is 2. The molecule has 1 aromatic carbocycles. The number of nitrogens with one attached hydrogen (secondary N) is 1. The summed E-state index contributed by atoms with van der Waals surface area (Å²) in [5, 5.41) is 0.949. The molecule has 0 unspecified atom stereocenters. The molecule has 1 fully saturated rings. The van der Waals surface area contributed by atoms with E-state index in [9.17, 15) is 19.2 Å². The fourth-order valence-corrected chi connectivity index (χ4v) is 3.27. The fourth-order valence-electron chi connectivity index (χ4n) is 3.27. The molecular formula is C21H24N4O5. The highest BCUT2D eigenvalue weighted by atomic mass is 16.5. The first kappa shape index (κ1) is 21.2. The van der Waals surface area contributed by atoms with Crippen LogP contribution >= 0.6 is 0 Å². The maximum absolute atomic E-state index is 12.6. The fraction of sp³-hybridized carbons (Fsp3) is 0.381. The number of aliphatic imine (C=N–C) groups is 1. The molecule has 0 aliphatic carbocycles. The van der Waals surface area contributed by atoms with Gasteiger partial charge in [0.15, 0.2) is 12.0 Å². The number of carbonyl (C=O) groups is 4. The van der Waals surface area contributed by atoms with E-state index in [0.29, 0.717) is 0 Å². The van der Waals surface area contributed by atoms with Gasteiger partial charge >= 0.3 is 12.0 Å². The van der Waals surface area contributed by atoms with Crippen LogP contribution < -0.4 is 0 Å². The average Bonchev–Trinajstić information content (AvgIpc) is 3.12. The second-order valence-electron chi connectivity index (χ2n) is 7.42. The Kier molecular flexibility index (Phi) is 6.00. The van der Waals surface area contributed by atoms with Gasteiger partial charge in [0.05, 0.1) is 6.10 Å². The van der Waals surface area contributed by atoms with Crippen LogP contribution in [0.15, 0.2) is 35.5 Å². The Hall–Kier alpha value is -3.49. The smallest absolute Gasteiger partial charge is 0.332 e. The third kappa shape index (κ3) is 4.10. The minimum atomic E-state index is -1.27. The lowest BCUT2D eigenvalue weighted by atomic mass is 10.0. The van der Waals surface area contributed by atoms with Crippen molar-refractivity contribution < 1.29 is 23.9 Å². The van der Waals surface area contributed by atoms with E-state index >= 15 is 0 Å². The number of hydrogen-bond acceptors (Lipinski definition) is 6. The van der Waals surface area contributed by atoms with Crippen molar-refractivity contribution in [3.8, 4) is 0 Å². The number of para-hydroxylation sites is 1. The Morgan fingerprint density at radius 3 is 2.43 bits per heavy atom. The van der Waals surface area contributed by atoms with Crippen LogP contribution in [-0.2, 0) is 25.5 Å². The highest BCUT2D eigenvalue weighted by Gasteiger charge is 2.41. The van der Waals surface area contributed by atoms with Gasteiger partial charge < -0.3 is 9.72 Å². The van der Waals surface area contributed by atoms with E-state index in [0.717, 1.165) is 32.5 Å². The second kappa shape index (κ2) is 8.48. The summed E-state index contributed by atoms with van der Waals surface area (Å²) in [6, 6.07) is 6.00. The zero-order valence-electron chi connectivity index (χ0n) is 17.3. The molecule has 1 saturated heterocycles. The third-order valence-electron chi connectivity index (χ3n) is 4.89. The highest BCUT2D eigenvalue weighted by molar-refractivity contribution is 6.23. The van der Waals surface area contributed by atoms with Crippen LogP contribution in [0.3, 0.4) is 0 Å². The van der Waals surface area contributed by atoms with Gasteiger partial charge in [0.2, 0.25) is 11.8 Å². The van der Waals surface area contributed by atoms with Gasteiger partial charge in [-0.15, -0.1) is 0 Å². The predicted octanol–water partition coefficient (Wildman–Crippen LogP) is 1.77. The van der Waals surface area contributed by atoms with Gasteiger partial charge in [0.1, 0.15) is 0 Å². The van der Waals surface area contributed by atoms with Crippen LogP contribution in [0.4, 0.5) is 4.79 Å². The van der Waals surface area contributed by atoms with Crippen molar-refractivity contribution in [2.24, 2.45) is 10.9 Å². The van der Waals surface area contributed by atoms with Gasteiger partial charge in [-0.1, -0.05) is 18.2 Å². The Bertz CT molecular complexity index is 1000. The summed E-state index contributed by atoms with van der Waals surface area (Å²) in [5.41, 5.74) is 1.78. The Labute approximate surface area is 173 Å². The van der Waals surface area contributed by atoms with Gasteiger partial charge in [-0.25, -0.2) is 9.59 Å². The van der Waals surface area contributed by atoms with Gasteiger partial charge in [0, 0.05) is 43.8 Å². The van der Waals surface area contributed by atoms with Gasteiger partial charge in [-0.3, -0.25) is 24.4 Å². The normalized spacial score (nSPS) is 16.9. The van der Waals surface area contributed by atoms with E-state index in [4.69, 9.17) is 4.74 Å². The van der Waals surface area contributed by atoms with E-state index in [1.165, 1.54) is 14.1 Å². The van der Waals surface area contributed by atoms with Crippen LogP contribution in [0, 0.1) is 5.92 Å². The molecule has 9 nitrogen and oxygen atoms in total. The Morgan fingerprint density at radius 1 is 1.17 bits per heavy atom. The lowest BCUT2D eigenvalue weighted by molar-refractivity contribution is -0.149. The Balaban J connectivity index is 1.89. The SMILES string of the molecule is CC(C)OC(=O)[C@H](Cc1c[nH]c2ccccc12)N=CC1C(=O)N(C)C(=O)N(C)C1=O. The lowest BCUT2D eigenvalue weighted by Crippen LogP contribution is -2.57. The molecule has 1 N–H and O–H groups in total. The van der Waals surface area contributed by atoms with Crippen LogP contribution in [-0.4, -0.2) is 71.1 Å². The third-order valence-corrected chi connectivity index (χ3v) is 4.89. The number of aromatic nitrogens is 1. The molecule has 1 aliphatic heterocycles. The highest BCUT2D eigenvalue weighted by Crippen LogP contribution is 2.21. The first-order valence-corrected chi connectivity index (χ1v) is 9.58. The first-order valence-electron chi connectivity index (χ1n) is 9.58. The second-order valence-corrected chi connectivity index (χ2v) is 7.42. The van der Waals surface area contributed by atoms with Crippen LogP contribution in [0.25, 0.3) is 10.9 Å². The van der Waals surface area contributed by atoms with Gasteiger partial charge in [-0.05, 0) is 25.5 Å². The molecule has 3 rings (SSSR count). The molecule has 2 aromatic rings. The number of benzene rings is 1. The maximum atomic E-state index is 12.6. The molecule has 2 heterocycles. The summed E-state index contributed by atoms with van der Waals surface area (Å²) in [6.07, 6.45) is 2.83. The number of ether oxygens (including phenoxy) is 1. The zero-order valence-corrected chi connectivity index (χ0v) is 17.3. The number of hydrogen-bond donors (Lipinski definition) is 1. The van der Waals surface area contributed by atoms with E-state index in [1.807, 2.05) is 24.3 Å². The largest absolute Gasteiger partial charge is 0.461 e. The van der Waals surface area contributed by atoms with Crippen molar-refractivity contribution in [1.82, 2.24) is 14.8 Å². The predicted molar refractivity (Wildman–Crippen MR) is 110 cm³/mol. The lowest BCUT2D eigenvalue weighted by Gasteiger charge is -2.31. The van der Waals surface area contributed by atoms with E-state index < -0.39 is 35.8 Å². The first-order chi connectivity index (χ1) is 14.2. The summed E-state index contributed by atoms with van der Waals surface area (Å²) in [5.74, 6) is -3.19. The average molecular weight is 412 g/mol. The number of esters is 1. The standard InChI is InChI=1S/C21H24N4O5/c1-12(2)30-20(28)17(9-13-10-22-16-8-6-5-7-14(13)16)23-11-15-18(26)24(3)21(29)25(4)19(15)27/h5-8,10-12,15,17,22H,9H2,1-4H3/t17-/m0/s1. The molecule has 1 aliphatic rings. The molecule has 4 amide bonds. The number of nitrogens with zero attached hydrogens (tertiary/aromatic N) is 3. The van der Waals surface area contributed by atoms with Gasteiger partial charge in [0.25, 0.3) is 0 Å². The summed E-state index contributed by atoms with van der Waals surface area (Å²) in [6.45, 7) is 3.46. The molecular weight excluding hydrogens is 388 g/mol. The molecule has 0 radical (unpaired) electrons. The van der Waals surface area contributed by atoms with Crippen molar-refractivity contribution in [3.05, 3.63) is 36.0 Å². The van der Waals surface area contributed by atoms with Gasteiger partial charge in [-0.2, -0.15) is 0 Å². The minimum absolute atomic E-state index is 0.228. The van der Waals surface area contributed by atoms with Crippen molar-refractivity contribution >= 4 is 40.9 Å². The monoisotopic (exact) mass is 412 g/mol. The number of aromatic amines is 1. The molecule has 1 atom stereocenters. The number of amides is 4. The number of urea groups is 1. The molecule has 158 valence electrons. The van der Waals surface area contributed by atoms with Crippen LogP contribution in [0.2, 0.25) is 0 Å². The van der Waals surface area contributed by atoms with Crippen molar-refractivity contribution in [3.63, 3.8) is 0 Å². The van der Waals surface area contributed by atoms with Crippen molar-refractivity contribution in [1.29, 1.82) is 0 Å². The molecule has 30 heavy (non-hydrogen) atoms. The quantitative estimate of drug-likeness (QED) is 0.441. The summed E-state index contributed by atoms with van der Waals surface area (Å²) in [4.78, 5) is 58.4. The minimum Gasteiger partial charge on any atom is -0.461 e. The summed E-state index contributed by atoms with van der Waals surface area (Å²) in [7, 11) is 2.59. The topological polar surface area (TPSA) is 112 Å². The summed E-state index contributed by atoms with van der Waals surface area (Å²) < 4.78 is 5.32. The number of fused-ring (bicyclic) bond motifs is 1. The van der Waals surface area contributed by atoms with Crippen molar-refractivity contribution in [2.75, 3.05) is 14.1 Å².